The molecule has 0 atom stereocenters. The number of unbranched alkanes of at least 4 members (excludes halogenated alkanes) is 1. The molecule has 0 bridgehead atoms. The normalized spacial score (nSPS) is 11.3. The van der Waals surface area contributed by atoms with Crippen LogP contribution in [0.15, 0.2) is 30.5 Å². The lowest BCUT2D eigenvalue weighted by molar-refractivity contribution is 0.574. The Kier molecular flexibility index (Phi) is 5.46. The molecular formula is C17H26N2. The fourth-order valence-corrected chi connectivity index (χ4v) is 2.65. The summed E-state index contributed by atoms with van der Waals surface area (Å²) in [5.74, 6) is 0. The molecule has 0 aliphatic rings. The van der Waals surface area contributed by atoms with Gasteiger partial charge >= 0.3 is 0 Å². The zero-order valence-electron chi connectivity index (χ0n) is 12.3. The lowest BCUT2D eigenvalue weighted by Gasteiger charge is -2.09. The molecule has 1 heterocycles. The average Bonchev–Trinajstić information content (AvgIpc) is 2.86. The molecule has 0 unspecified atom stereocenters. The number of nitrogens with zero attached hydrogens (tertiary/aromatic N) is 1. The van der Waals surface area contributed by atoms with E-state index in [1.54, 1.807) is 0 Å². The molecule has 0 aliphatic heterocycles. The zero-order chi connectivity index (χ0) is 13.5. The summed E-state index contributed by atoms with van der Waals surface area (Å²) in [6, 6.07) is 8.87. The van der Waals surface area contributed by atoms with Gasteiger partial charge in [0.25, 0.3) is 0 Å². The minimum absolute atomic E-state index is 1.11. The second kappa shape index (κ2) is 7.34. The smallest absolute Gasteiger partial charge is 0.0512 e. The molecule has 0 spiro atoms. The zero-order valence-corrected chi connectivity index (χ0v) is 12.3. The topological polar surface area (TPSA) is 17.0 Å². The highest BCUT2D eigenvalue weighted by Crippen LogP contribution is 2.21. The molecule has 0 amide bonds. The maximum absolute atomic E-state index is 3.47. The van der Waals surface area contributed by atoms with E-state index < -0.39 is 0 Å². The third-order valence-corrected chi connectivity index (χ3v) is 3.68. The van der Waals surface area contributed by atoms with E-state index in [1.807, 2.05) is 0 Å². The van der Waals surface area contributed by atoms with Crippen LogP contribution in [-0.2, 0) is 13.0 Å². The summed E-state index contributed by atoms with van der Waals surface area (Å²) in [7, 11) is 0. The van der Waals surface area contributed by atoms with Gasteiger partial charge in [0.05, 0.1) is 5.52 Å². The molecule has 2 heteroatoms. The van der Waals surface area contributed by atoms with Crippen molar-refractivity contribution < 1.29 is 0 Å². The van der Waals surface area contributed by atoms with E-state index >= 15 is 0 Å². The average molecular weight is 258 g/mol. The van der Waals surface area contributed by atoms with E-state index in [0.29, 0.717) is 0 Å². The first kappa shape index (κ1) is 14.1. The van der Waals surface area contributed by atoms with Crippen LogP contribution in [0.5, 0.6) is 0 Å². The van der Waals surface area contributed by atoms with E-state index in [2.05, 4.69) is 54.2 Å². The van der Waals surface area contributed by atoms with Crippen LogP contribution in [0.1, 0.15) is 38.7 Å². The minimum atomic E-state index is 1.11. The Morgan fingerprint density at radius 2 is 1.95 bits per heavy atom. The number of nitrogens with one attached hydrogen (secondary N) is 1. The molecule has 104 valence electrons. The third-order valence-electron chi connectivity index (χ3n) is 3.68. The van der Waals surface area contributed by atoms with Gasteiger partial charge in [0.1, 0.15) is 0 Å². The molecule has 0 saturated carbocycles. The van der Waals surface area contributed by atoms with Crippen molar-refractivity contribution in [3.8, 4) is 0 Å². The summed E-state index contributed by atoms with van der Waals surface area (Å²) in [5.41, 5.74) is 2.90. The molecule has 0 aliphatic carbocycles. The second-order valence-electron chi connectivity index (χ2n) is 5.17. The van der Waals surface area contributed by atoms with Crippen molar-refractivity contribution >= 4 is 10.9 Å². The van der Waals surface area contributed by atoms with Crippen LogP contribution in [0.25, 0.3) is 10.9 Å². The Hall–Kier alpha value is -1.28. The van der Waals surface area contributed by atoms with E-state index in [9.17, 15) is 0 Å². The lowest BCUT2D eigenvalue weighted by atomic mass is 10.1. The summed E-state index contributed by atoms with van der Waals surface area (Å²) >= 11 is 0. The quantitative estimate of drug-likeness (QED) is 0.709. The number of rotatable bonds is 8. The summed E-state index contributed by atoms with van der Waals surface area (Å²) in [6.45, 7) is 7.88. The van der Waals surface area contributed by atoms with Crippen molar-refractivity contribution in [2.75, 3.05) is 13.1 Å². The van der Waals surface area contributed by atoms with E-state index in [0.717, 1.165) is 26.1 Å². The number of fused-ring (bicyclic) bond motifs is 1. The van der Waals surface area contributed by atoms with Crippen LogP contribution < -0.4 is 5.32 Å². The Morgan fingerprint density at radius 3 is 2.74 bits per heavy atom. The van der Waals surface area contributed by atoms with Crippen LogP contribution in [-0.4, -0.2) is 17.7 Å². The van der Waals surface area contributed by atoms with Gasteiger partial charge in [-0.2, -0.15) is 0 Å². The van der Waals surface area contributed by atoms with Gasteiger partial charge in [0.2, 0.25) is 0 Å². The molecular weight excluding hydrogens is 232 g/mol. The number of hydrogen-bond acceptors (Lipinski definition) is 1. The van der Waals surface area contributed by atoms with Gasteiger partial charge in [-0.05, 0) is 55.8 Å². The fraction of sp³-hybridized carbons (Fsp3) is 0.529. The van der Waals surface area contributed by atoms with Crippen molar-refractivity contribution in [1.82, 2.24) is 9.88 Å². The SMILES string of the molecule is CCCNCCCCn1ccc2cccc(CC)c21. The number of benzene rings is 1. The van der Waals surface area contributed by atoms with Gasteiger partial charge in [-0.3, -0.25) is 0 Å². The third kappa shape index (κ3) is 3.60. The molecule has 2 aromatic rings. The molecule has 0 saturated heterocycles. The van der Waals surface area contributed by atoms with Crippen molar-refractivity contribution in [3.05, 3.63) is 36.0 Å². The fourth-order valence-electron chi connectivity index (χ4n) is 2.65. The Balaban J connectivity index is 1.93. The second-order valence-corrected chi connectivity index (χ2v) is 5.17. The number of aromatic nitrogens is 1. The first-order chi connectivity index (χ1) is 9.36. The summed E-state index contributed by atoms with van der Waals surface area (Å²) < 4.78 is 2.42. The highest BCUT2D eigenvalue weighted by molar-refractivity contribution is 5.83. The Bertz CT molecular complexity index is 499. The molecule has 2 nitrogen and oxygen atoms in total. The maximum Gasteiger partial charge on any atom is 0.0512 e. The highest BCUT2D eigenvalue weighted by atomic mass is 15.0. The van der Waals surface area contributed by atoms with Crippen molar-refractivity contribution in [3.63, 3.8) is 0 Å². The molecule has 1 N–H and O–H groups in total. The van der Waals surface area contributed by atoms with Gasteiger partial charge in [-0.15, -0.1) is 0 Å². The predicted octanol–water partition coefficient (Wildman–Crippen LogP) is 3.98. The van der Waals surface area contributed by atoms with Crippen molar-refractivity contribution in [1.29, 1.82) is 0 Å². The molecule has 0 radical (unpaired) electrons. The Morgan fingerprint density at radius 1 is 1.05 bits per heavy atom. The van der Waals surface area contributed by atoms with Gasteiger partial charge in [0, 0.05) is 12.7 Å². The van der Waals surface area contributed by atoms with Crippen molar-refractivity contribution in [2.24, 2.45) is 0 Å². The van der Waals surface area contributed by atoms with Gasteiger partial charge < -0.3 is 9.88 Å². The molecule has 1 aromatic heterocycles. The monoisotopic (exact) mass is 258 g/mol. The minimum Gasteiger partial charge on any atom is -0.347 e. The summed E-state index contributed by atoms with van der Waals surface area (Å²) in [5, 5.41) is 4.84. The number of hydrogen-bond donors (Lipinski definition) is 1. The number of aryl methyl sites for hydroxylation is 2. The standard InChI is InChI=1S/C17H26N2/c1-3-11-18-12-5-6-13-19-14-10-16-9-7-8-15(4-2)17(16)19/h7-10,14,18H,3-6,11-13H2,1-2H3. The van der Waals surface area contributed by atoms with E-state index in [1.165, 1.54) is 35.7 Å². The molecule has 19 heavy (non-hydrogen) atoms. The van der Waals surface area contributed by atoms with Crippen LogP contribution in [0.4, 0.5) is 0 Å². The maximum atomic E-state index is 3.47. The summed E-state index contributed by atoms with van der Waals surface area (Å²) in [4.78, 5) is 0. The first-order valence-corrected chi connectivity index (χ1v) is 7.64. The van der Waals surface area contributed by atoms with Crippen LogP contribution in [0, 0.1) is 0 Å². The van der Waals surface area contributed by atoms with Gasteiger partial charge in [-0.1, -0.05) is 32.0 Å². The lowest BCUT2D eigenvalue weighted by Crippen LogP contribution is -2.16. The number of para-hydroxylation sites is 1. The van der Waals surface area contributed by atoms with Crippen LogP contribution in [0.3, 0.4) is 0 Å². The predicted molar refractivity (Wildman–Crippen MR) is 83.7 cm³/mol. The molecule has 1 aromatic carbocycles. The van der Waals surface area contributed by atoms with E-state index in [-0.39, 0.29) is 0 Å². The largest absolute Gasteiger partial charge is 0.347 e. The van der Waals surface area contributed by atoms with Crippen LogP contribution >= 0.6 is 0 Å². The van der Waals surface area contributed by atoms with Crippen LogP contribution in [0.2, 0.25) is 0 Å². The van der Waals surface area contributed by atoms with Crippen molar-refractivity contribution in [2.45, 2.75) is 46.1 Å². The summed E-state index contributed by atoms with van der Waals surface area (Å²) in [6.07, 6.45) is 7.08. The van der Waals surface area contributed by atoms with Gasteiger partial charge in [-0.25, -0.2) is 0 Å². The first-order valence-electron chi connectivity index (χ1n) is 7.64. The van der Waals surface area contributed by atoms with Gasteiger partial charge in [0.15, 0.2) is 0 Å². The Labute approximate surface area is 116 Å². The molecule has 0 fully saturated rings. The van der Waals surface area contributed by atoms with E-state index in [4.69, 9.17) is 0 Å². The molecule has 2 rings (SSSR count). The highest BCUT2D eigenvalue weighted by Gasteiger charge is 2.04.